The standard InChI is InChI=1S/C7H11O/c1-3-4-7(2)5-6-8/h3,5,8H,1-2,4,6H2. The van der Waals surface area contributed by atoms with Crippen molar-refractivity contribution in [3.8, 4) is 0 Å². The number of hydrogen-bond acceptors (Lipinski definition) is 1. The van der Waals surface area contributed by atoms with Crippen molar-refractivity contribution in [1.29, 1.82) is 0 Å². The van der Waals surface area contributed by atoms with E-state index in [1.807, 2.05) is 0 Å². The number of allylic oxidation sites excluding steroid dienone is 2. The van der Waals surface area contributed by atoms with Gasteiger partial charge in [-0.25, -0.2) is 0 Å². The van der Waals surface area contributed by atoms with Gasteiger partial charge in [-0.05, 0) is 13.3 Å². The summed E-state index contributed by atoms with van der Waals surface area (Å²) in [7, 11) is 0. The van der Waals surface area contributed by atoms with E-state index in [2.05, 4.69) is 13.5 Å². The van der Waals surface area contributed by atoms with Gasteiger partial charge in [0.25, 0.3) is 0 Å². The second-order valence-corrected chi connectivity index (χ2v) is 1.54. The Morgan fingerprint density at radius 3 is 2.62 bits per heavy atom. The zero-order chi connectivity index (χ0) is 6.41. The highest BCUT2D eigenvalue weighted by molar-refractivity contribution is 5.08. The molecule has 0 rings (SSSR count). The molecule has 0 aromatic carbocycles. The van der Waals surface area contributed by atoms with Crippen LogP contribution >= 0.6 is 0 Å². The summed E-state index contributed by atoms with van der Waals surface area (Å²) in [6.45, 7) is 7.24. The zero-order valence-electron chi connectivity index (χ0n) is 4.93. The first kappa shape index (κ1) is 7.44. The first-order chi connectivity index (χ1) is 3.81. The van der Waals surface area contributed by atoms with E-state index in [1.165, 1.54) is 0 Å². The summed E-state index contributed by atoms with van der Waals surface area (Å²) in [5, 5.41) is 8.31. The molecule has 1 heteroatoms. The lowest BCUT2D eigenvalue weighted by Crippen LogP contribution is -1.77. The molecule has 0 aliphatic rings. The summed E-state index contributed by atoms with van der Waals surface area (Å²) in [6, 6.07) is 0. The van der Waals surface area contributed by atoms with Crippen molar-refractivity contribution in [2.24, 2.45) is 0 Å². The smallest absolute Gasteiger partial charge is 0.0615 e. The Bertz CT molecular complexity index is 92.6. The van der Waals surface area contributed by atoms with Crippen molar-refractivity contribution < 1.29 is 5.11 Å². The largest absolute Gasteiger partial charge is 0.392 e. The van der Waals surface area contributed by atoms with Crippen molar-refractivity contribution in [1.82, 2.24) is 0 Å². The SMILES string of the molecule is [CH2]C(=CCO)CC=C. The monoisotopic (exact) mass is 111 g/mol. The van der Waals surface area contributed by atoms with Crippen LogP contribution in [0, 0.1) is 6.92 Å². The molecule has 1 nitrogen and oxygen atoms in total. The maximum Gasteiger partial charge on any atom is 0.0615 e. The first-order valence-corrected chi connectivity index (χ1v) is 2.54. The molecule has 1 N–H and O–H groups in total. The van der Waals surface area contributed by atoms with E-state index in [-0.39, 0.29) is 6.61 Å². The van der Waals surface area contributed by atoms with Gasteiger partial charge in [-0.2, -0.15) is 0 Å². The normalized spacial score (nSPS) is 11.5. The Morgan fingerprint density at radius 1 is 1.62 bits per heavy atom. The van der Waals surface area contributed by atoms with Gasteiger partial charge in [0.05, 0.1) is 6.61 Å². The van der Waals surface area contributed by atoms with Gasteiger partial charge < -0.3 is 5.11 Å². The van der Waals surface area contributed by atoms with E-state index in [0.29, 0.717) is 0 Å². The molecule has 0 aromatic heterocycles. The molecule has 0 aliphatic carbocycles. The van der Waals surface area contributed by atoms with Crippen LogP contribution in [0.25, 0.3) is 0 Å². The molecule has 0 bridgehead atoms. The maximum atomic E-state index is 8.31. The van der Waals surface area contributed by atoms with Crippen LogP contribution in [0.1, 0.15) is 6.42 Å². The van der Waals surface area contributed by atoms with E-state index in [0.717, 1.165) is 12.0 Å². The van der Waals surface area contributed by atoms with Crippen LogP contribution < -0.4 is 0 Å². The predicted octanol–water partition coefficient (Wildman–Crippen LogP) is 1.32. The van der Waals surface area contributed by atoms with Gasteiger partial charge in [0.2, 0.25) is 0 Å². The van der Waals surface area contributed by atoms with Gasteiger partial charge in [-0.15, -0.1) is 6.58 Å². The van der Waals surface area contributed by atoms with Gasteiger partial charge in [-0.3, -0.25) is 0 Å². The highest BCUT2D eigenvalue weighted by Gasteiger charge is 1.80. The molecule has 0 spiro atoms. The Hall–Kier alpha value is -0.560. The third kappa shape index (κ3) is 3.62. The summed E-state index contributed by atoms with van der Waals surface area (Å²) >= 11 is 0. The molecule has 0 amide bonds. The number of aliphatic hydroxyl groups is 1. The molecular weight excluding hydrogens is 100 g/mol. The van der Waals surface area contributed by atoms with Crippen molar-refractivity contribution in [2.45, 2.75) is 6.42 Å². The average molecular weight is 111 g/mol. The quantitative estimate of drug-likeness (QED) is 0.544. The number of hydrogen-bond donors (Lipinski definition) is 1. The van der Waals surface area contributed by atoms with E-state index in [4.69, 9.17) is 5.11 Å². The van der Waals surface area contributed by atoms with Gasteiger partial charge in [-0.1, -0.05) is 17.7 Å². The Labute approximate surface area is 50.3 Å². The average Bonchev–Trinajstić information content (AvgIpc) is 1.68. The second-order valence-electron chi connectivity index (χ2n) is 1.54. The summed E-state index contributed by atoms with van der Waals surface area (Å²) in [4.78, 5) is 0. The summed E-state index contributed by atoms with van der Waals surface area (Å²) in [6.07, 6.45) is 4.19. The minimum absolute atomic E-state index is 0.0761. The van der Waals surface area contributed by atoms with Crippen LogP contribution in [0.2, 0.25) is 0 Å². The third-order valence-corrected chi connectivity index (χ3v) is 0.786. The topological polar surface area (TPSA) is 20.2 Å². The Morgan fingerprint density at radius 2 is 2.25 bits per heavy atom. The van der Waals surface area contributed by atoms with Crippen LogP contribution in [0.5, 0.6) is 0 Å². The van der Waals surface area contributed by atoms with E-state index in [9.17, 15) is 0 Å². The van der Waals surface area contributed by atoms with Crippen molar-refractivity contribution in [2.75, 3.05) is 6.61 Å². The fraction of sp³-hybridized carbons (Fsp3) is 0.286. The molecule has 0 saturated heterocycles. The van der Waals surface area contributed by atoms with Crippen molar-refractivity contribution >= 4 is 0 Å². The van der Waals surface area contributed by atoms with E-state index < -0.39 is 0 Å². The van der Waals surface area contributed by atoms with Gasteiger partial charge >= 0.3 is 0 Å². The molecule has 0 saturated carbocycles. The van der Waals surface area contributed by atoms with Crippen LogP contribution in [0.4, 0.5) is 0 Å². The van der Waals surface area contributed by atoms with E-state index in [1.54, 1.807) is 12.2 Å². The fourth-order valence-electron chi connectivity index (χ4n) is 0.398. The Kier molecular flexibility index (Phi) is 4.27. The molecule has 45 valence electrons. The molecule has 1 radical (unpaired) electrons. The summed E-state index contributed by atoms with van der Waals surface area (Å²) < 4.78 is 0. The molecule has 0 heterocycles. The zero-order valence-corrected chi connectivity index (χ0v) is 4.93. The lowest BCUT2D eigenvalue weighted by molar-refractivity contribution is 0.342. The van der Waals surface area contributed by atoms with Crippen LogP contribution in [0.15, 0.2) is 24.3 Å². The second kappa shape index (κ2) is 4.60. The first-order valence-electron chi connectivity index (χ1n) is 2.54. The van der Waals surface area contributed by atoms with Gasteiger partial charge in [0.15, 0.2) is 0 Å². The van der Waals surface area contributed by atoms with E-state index >= 15 is 0 Å². The van der Waals surface area contributed by atoms with Gasteiger partial charge in [0, 0.05) is 0 Å². The fourth-order valence-corrected chi connectivity index (χ4v) is 0.398. The molecular formula is C7H11O. The summed E-state index contributed by atoms with van der Waals surface area (Å²) in [5.41, 5.74) is 0.919. The summed E-state index contributed by atoms with van der Waals surface area (Å²) in [5.74, 6) is 0. The minimum atomic E-state index is 0.0761. The molecule has 0 atom stereocenters. The van der Waals surface area contributed by atoms with Crippen LogP contribution in [-0.2, 0) is 0 Å². The van der Waals surface area contributed by atoms with Crippen molar-refractivity contribution in [3.63, 3.8) is 0 Å². The molecule has 8 heavy (non-hydrogen) atoms. The lowest BCUT2D eigenvalue weighted by Gasteiger charge is -1.89. The third-order valence-electron chi connectivity index (χ3n) is 0.786. The molecule has 0 fully saturated rings. The number of rotatable bonds is 3. The minimum Gasteiger partial charge on any atom is -0.392 e. The van der Waals surface area contributed by atoms with Crippen molar-refractivity contribution in [3.05, 3.63) is 31.2 Å². The molecule has 0 unspecified atom stereocenters. The van der Waals surface area contributed by atoms with Crippen LogP contribution in [0.3, 0.4) is 0 Å². The lowest BCUT2D eigenvalue weighted by atomic mass is 10.2. The highest BCUT2D eigenvalue weighted by atomic mass is 16.2. The number of aliphatic hydroxyl groups excluding tert-OH is 1. The van der Waals surface area contributed by atoms with Crippen LogP contribution in [-0.4, -0.2) is 11.7 Å². The maximum absolute atomic E-state index is 8.31. The molecule has 0 aromatic rings. The highest BCUT2D eigenvalue weighted by Crippen LogP contribution is 1.96. The van der Waals surface area contributed by atoms with Gasteiger partial charge in [0.1, 0.15) is 0 Å². The molecule has 0 aliphatic heterocycles. The Balaban J connectivity index is 3.44. The predicted molar refractivity (Wildman–Crippen MR) is 35.3 cm³/mol.